The number of esters is 1. The lowest BCUT2D eigenvalue weighted by Gasteiger charge is -2.25. The number of anilines is 1. The molecule has 0 saturated heterocycles. The van der Waals surface area contributed by atoms with Gasteiger partial charge < -0.3 is 4.74 Å². The second kappa shape index (κ2) is 9.49. The highest BCUT2D eigenvalue weighted by Crippen LogP contribution is 2.30. The lowest BCUT2D eigenvalue weighted by atomic mass is 10.1. The monoisotopic (exact) mass is 472 g/mol. The first-order valence-electron chi connectivity index (χ1n) is 10.7. The number of cyclic esters (lactones) is 1. The Balaban J connectivity index is 1.78. The third-order valence-corrected chi connectivity index (χ3v) is 7.07. The molecule has 0 amide bonds. The van der Waals surface area contributed by atoms with Crippen LogP contribution in [-0.2, 0) is 19.6 Å². The van der Waals surface area contributed by atoms with E-state index in [9.17, 15) is 13.2 Å². The fourth-order valence-electron chi connectivity index (χ4n) is 3.59. The SMILES string of the molecule is C=CCN(c1ccccc1C1=N/C(=C\c2cccc(C)c2)C(=O)O1)S(=O)(=O)c1ccc(C)cc1. The quantitative estimate of drug-likeness (QED) is 0.275. The number of nitrogens with zero attached hydrogens (tertiary/aromatic N) is 2. The number of benzene rings is 3. The molecule has 3 aromatic carbocycles. The van der Waals surface area contributed by atoms with E-state index >= 15 is 0 Å². The molecule has 1 aliphatic heterocycles. The van der Waals surface area contributed by atoms with E-state index in [-0.39, 0.29) is 23.0 Å². The summed E-state index contributed by atoms with van der Waals surface area (Å²) in [5, 5.41) is 0. The number of hydrogen-bond acceptors (Lipinski definition) is 5. The minimum atomic E-state index is -3.91. The topological polar surface area (TPSA) is 76.0 Å². The fourth-order valence-corrected chi connectivity index (χ4v) is 5.05. The highest BCUT2D eigenvalue weighted by molar-refractivity contribution is 7.92. The molecule has 4 rings (SSSR count). The molecule has 0 atom stereocenters. The van der Waals surface area contributed by atoms with Crippen molar-refractivity contribution in [3.63, 3.8) is 0 Å². The average molecular weight is 473 g/mol. The van der Waals surface area contributed by atoms with Crippen LogP contribution in [0.3, 0.4) is 0 Å². The van der Waals surface area contributed by atoms with Crippen LogP contribution >= 0.6 is 0 Å². The van der Waals surface area contributed by atoms with Crippen LogP contribution in [0.15, 0.2) is 101 Å². The second-order valence-electron chi connectivity index (χ2n) is 7.91. The maximum atomic E-state index is 13.5. The van der Waals surface area contributed by atoms with E-state index in [1.165, 1.54) is 10.4 Å². The van der Waals surface area contributed by atoms with Crippen LogP contribution in [0.2, 0.25) is 0 Å². The zero-order valence-electron chi connectivity index (χ0n) is 18.9. The molecule has 0 aromatic heterocycles. The van der Waals surface area contributed by atoms with Gasteiger partial charge in [0.1, 0.15) is 0 Å². The van der Waals surface area contributed by atoms with E-state index in [1.54, 1.807) is 54.6 Å². The number of aliphatic imine (C=N–C) groups is 1. The van der Waals surface area contributed by atoms with Crippen molar-refractivity contribution in [3.05, 3.63) is 113 Å². The van der Waals surface area contributed by atoms with E-state index in [0.717, 1.165) is 16.7 Å². The zero-order chi connectivity index (χ0) is 24.3. The van der Waals surface area contributed by atoms with Gasteiger partial charge >= 0.3 is 5.97 Å². The highest BCUT2D eigenvalue weighted by atomic mass is 32.2. The van der Waals surface area contributed by atoms with E-state index in [0.29, 0.717) is 11.3 Å². The second-order valence-corrected chi connectivity index (χ2v) is 9.77. The normalized spacial score (nSPS) is 14.6. The van der Waals surface area contributed by atoms with Crippen molar-refractivity contribution in [2.45, 2.75) is 18.7 Å². The predicted molar refractivity (Wildman–Crippen MR) is 134 cm³/mol. The molecule has 1 heterocycles. The van der Waals surface area contributed by atoms with Gasteiger partial charge in [0.25, 0.3) is 10.0 Å². The van der Waals surface area contributed by atoms with Gasteiger partial charge in [-0.2, -0.15) is 0 Å². The van der Waals surface area contributed by atoms with Gasteiger partial charge in [-0.25, -0.2) is 18.2 Å². The van der Waals surface area contributed by atoms with Gasteiger partial charge in [-0.15, -0.1) is 6.58 Å². The predicted octanol–water partition coefficient (Wildman–Crippen LogP) is 5.03. The van der Waals surface area contributed by atoms with Crippen LogP contribution < -0.4 is 4.31 Å². The van der Waals surface area contributed by atoms with Crippen molar-refractivity contribution in [1.82, 2.24) is 0 Å². The summed E-state index contributed by atoms with van der Waals surface area (Å²) in [6.07, 6.45) is 3.16. The van der Waals surface area contributed by atoms with Crippen molar-refractivity contribution < 1.29 is 17.9 Å². The number of carbonyl (C=O) groups is 1. The van der Waals surface area contributed by atoms with Gasteiger partial charge in [-0.05, 0) is 49.8 Å². The molecule has 34 heavy (non-hydrogen) atoms. The number of aryl methyl sites for hydroxylation is 2. The van der Waals surface area contributed by atoms with Gasteiger partial charge in [-0.1, -0.05) is 65.7 Å². The van der Waals surface area contributed by atoms with Crippen LogP contribution in [0.5, 0.6) is 0 Å². The molecular weight excluding hydrogens is 448 g/mol. The molecule has 0 fully saturated rings. The van der Waals surface area contributed by atoms with Crippen LogP contribution in [0.4, 0.5) is 5.69 Å². The Hall–Kier alpha value is -3.97. The van der Waals surface area contributed by atoms with Crippen LogP contribution in [0.25, 0.3) is 6.08 Å². The fraction of sp³-hybridized carbons (Fsp3) is 0.111. The average Bonchev–Trinajstić information content (AvgIpc) is 3.17. The van der Waals surface area contributed by atoms with E-state index < -0.39 is 16.0 Å². The number of para-hydroxylation sites is 1. The minimum absolute atomic E-state index is 0.0282. The Kier molecular flexibility index (Phi) is 6.47. The molecule has 0 saturated carbocycles. The number of rotatable bonds is 7. The molecule has 0 unspecified atom stereocenters. The smallest absolute Gasteiger partial charge is 0.363 e. The Labute approximate surface area is 199 Å². The first kappa shape index (κ1) is 23.2. The third-order valence-electron chi connectivity index (χ3n) is 5.27. The number of ether oxygens (including phenoxy) is 1. The Morgan fingerprint density at radius 1 is 0.971 bits per heavy atom. The first-order valence-corrected chi connectivity index (χ1v) is 12.1. The van der Waals surface area contributed by atoms with Gasteiger partial charge in [0.05, 0.1) is 22.7 Å². The molecular formula is C27H24N2O4S. The highest BCUT2D eigenvalue weighted by Gasteiger charge is 2.31. The summed E-state index contributed by atoms with van der Waals surface area (Å²) in [5.74, 6) is -0.546. The van der Waals surface area contributed by atoms with Crippen molar-refractivity contribution in [3.8, 4) is 0 Å². The maximum absolute atomic E-state index is 13.5. The summed E-state index contributed by atoms with van der Waals surface area (Å²) >= 11 is 0. The van der Waals surface area contributed by atoms with E-state index in [1.807, 2.05) is 38.1 Å². The van der Waals surface area contributed by atoms with Gasteiger partial charge in [0.15, 0.2) is 5.70 Å². The Morgan fingerprint density at radius 2 is 1.71 bits per heavy atom. The van der Waals surface area contributed by atoms with Crippen molar-refractivity contribution >= 4 is 33.7 Å². The summed E-state index contributed by atoms with van der Waals surface area (Å²) in [7, 11) is -3.91. The third kappa shape index (κ3) is 4.70. The van der Waals surface area contributed by atoms with E-state index in [2.05, 4.69) is 11.6 Å². The van der Waals surface area contributed by atoms with Crippen LogP contribution in [0, 0.1) is 13.8 Å². The van der Waals surface area contributed by atoms with Crippen molar-refractivity contribution in [1.29, 1.82) is 0 Å². The summed E-state index contributed by atoms with van der Waals surface area (Å²) in [6.45, 7) is 7.60. The molecule has 0 N–H and O–H groups in total. The molecule has 6 nitrogen and oxygen atoms in total. The largest absolute Gasteiger partial charge is 0.402 e. The van der Waals surface area contributed by atoms with Gasteiger partial charge in [-0.3, -0.25) is 4.31 Å². The molecule has 7 heteroatoms. The molecule has 0 bridgehead atoms. The van der Waals surface area contributed by atoms with E-state index in [4.69, 9.17) is 4.74 Å². The lowest BCUT2D eigenvalue weighted by molar-refractivity contribution is -0.129. The zero-order valence-corrected chi connectivity index (χ0v) is 19.7. The van der Waals surface area contributed by atoms with Gasteiger partial charge in [0, 0.05) is 0 Å². The molecule has 1 aliphatic rings. The summed E-state index contributed by atoms with van der Waals surface area (Å²) in [4.78, 5) is 17.1. The Bertz CT molecular complexity index is 1420. The number of hydrogen-bond donors (Lipinski definition) is 0. The lowest BCUT2D eigenvalue weighted by Crippen LogP contribution is -2.32. The summed E-state index contributed by atoms with van der Waals surface area (Å²) < 4.78 is 33.7. The molecule has 3 aromatic rings. The number of carbonyl (C=O) groups excluding carboxylic acids is 1. The standard InChI is InChI=1S/C27H24N2O4S/c1-4-16-29(34(31,32)22-14-12-19(2)13-15-22)25-11-6-5-10-23(25)26-28-24(27(30)33-26)18-21-9-7-8-20(3)17-21/h4-15,17-18H,1,16H2,2-3H3/b24-18-. The Morgan fingerprint density at radius 3 is 2.41 bits per heavy atom. The first-order chi connectivity index (χ1) is 16.3. The summed E-state index contributed by atoms with van der Waals surface area (Å²) in [5.41, 5.74) is 3.70. The molecule has 172 valence electrons. The minimum Gasteiger partial charge on any atom is -0.402 e. The molecule has 0 aliphatic carbocycles. The van der Waals surface area contributed by atoms with Crippen LogP contribution in [0.1, 0.15) is 22.3 Å². The summed E-state index contributed by atoms with van der Waals surface area (Å²) in [6, 6.07) is 21.1. The molecule has 0 spiro atoms. The van der Waals surface area contributed by atoms with Crippen LogP contribution in [-0.4, -0.2) is 26.8 Å². The molecule has 0 radical (unpaired) electrons. The van der Waals surface area contributed by atoms with Crippen molar-refractivity contribution in [2.75, 3.05) is 10.8 Å². The van der Waals surface area contributed by atoms with Gasteiger partial charge in [0.2, 0.25) is 5.90 Å². The number of sulfonamides is 1. The maximum Gasteiger partial charge on any atom is 0.363 e. The van der Waals surface area contributed by atoms with Crippen molar-refractivity contribution in [2.24, 2.45) is 4.99 Å².